The van der Waals surface area contributed by atoms with Crippen LogP contribution >= 0.6 is 12.2 Å². The topological polar surface area (TPSA) is 29.3 Å². The number of alkyl halides is 3. The molecule has 0 bridgehead atoms. The Bertz CT molecular complexity index is 255. The molecule has 0 saturated carbocycles. The van der Waals surface area contributed by atoms with Gasteiger partial charge in [-0.3, -0.25) is 4.90 Å². The van der Waals surface area contributed by atoms with Gasteiger partial charge in [-0.1, -0.05) is 19.1 Å². The number of piperidine rings is 1. The summed E-state index contributed by atoms with van der Waals surface area (Å²) in [4.78, 5) is 2.06. The Labute approximate surface area is 99.0 Å². The average Bonchev–Trinajstić information content (AvgIpc) is 2.17. The summed E-state index contributed by atoms with van der Waals surface area (Å²) in [5.74, 6) is -1.23. The van der Waals surface area contributed by atoms with Gasteiger partial charge in [-0.05, 0) is 25.8 Å². The van der Waals surface area contributed by atoms with Gasteiger partial charge in [0.15, 0.2) is 0 Å². The number of rotatable bonds is 3. The van der Waals surface area contributed by atoms with Crippen LogP contribution in [0.5, 0.6) is 0 Å². The lowest BCUT2D eigenvalue weighted by Gasteiger charge is -2.38. The predicted octanol–water partition coefficient (Wildman–Crippen LogP) is 2.33. The van der Waals surface area contributed by atoms with Gasteiger partial charge in [0, 0.05) is 6.54 Å². The molecule has 1 saturated heterocycles. The summed E-state index contributed by atoms with van der Waals surface area (Å²) in [5.41, 5.74) is 5.54. The van der Waals surface area contributed by atoms with Gasteiger partial charge in [-0.25, -0.2) is 0 Å². The monoisotopic (exact) mass is 254 g/mol. The van der Waals surface area contributed by atoms with Crippen LogP contribution in [0.2, 0.25) is 0 Å². The van der Waals surface area contributed by atoms with Crippen molar-refractivity contribution in [3.8, 4) is 0 Å². The van der Waals surface area contributed by atoms with Crippen LogP contribution in [-0.4, -0.2) is 35.2 Å². The fourth-order valence-electron chi connectivity index (χ4n) is 2.20. The van der Waals surface area contributed by atoms with E-state index in [0.29, 0.717) is 24.4 Å². The lowest BCUT2D eigenvalue weighted by molar-refractivity contribution is -0.187. The third kappa shape index (κ3) is 3.31. The van der Waals surface area contributed by atoms with Crippen molar-refractivity contribution in [1.82, 2.24) is 4.90 Å². The third-order valence-corrected chi connectivity index (χ3v) is 3.34. The molecule has 94 valence electrons. The molecule has 2 unspecified atom stereocenters. The van der Waals surface area contributed by atoms with Gasteiger partial charge in [0.1, 0.15) is 0 Å². The number of halogens is 3. The van der Waals surface area contributed by atoms with E-state index in [0.717, 1.165) is 0 Å². The Hall–Kier alpha value is -0.360. The lowest BCUT2D eigenvalue weighted by Crippen LogP contribution is -2.50. The molecule has 0 aliphatic carbocycles. The summed E-state index contributed by atoms with van der Waals surface area (Å²) in [7, 11) is 0. The van der Waals surface area contributed by atoms with Crippen LogP contribution in [0.1, 0.15) is 26.2 Å². The first-order valence-electron chi connectivity index (χ1n) is 5.46. The molecule has 2 nitrogen and oxygen atoms in total. The van der Waals surface area contributed by atoms with Crippen molar-refractivity contribution >= 4 is 17.2 Å². The van der Waals surface area contributed by atoms with Crippen LogP contribution < -0.4 is 5.73 Å². The first-order chi connectivity index (χ1) is 7.36. The molecule has 6 heteroatoms. The summed E-state index contributed by atoms with van der Waals surface area (Å²) in [5, 5.41) is 0. The van der Waals surface area contributed by atoms with E-state index >= 15 is 0 Å². The summed E-state index contributed by atoms with van der Waals surface area (Å²) < 4.78 is 37.8. The van der Waals surface area contributed by atoms with Crippen molar-refractivity contribution in [1.29, 1.82) is 0 Å². The zero-order chi connectivity index (χ0) is 12.3. The maximum atomic E-state index is 12.6. The van der Waals surface area contributed by atoms with Crippen molar-refractivity contribution in [3.63, 3.8) is 0 Å². The Morgan fingerprint density at radius 2 is 2.19 bits per heavy atom. The molecular weight excluding hydrogens is 237 g/mol. The lowest BCUT2D eigenvalue weighted by atomic mass is 9.95. The van der Waals surface area contributed by atoms with Crippen LogP contribution in [0.25, 0.3) is 0 Å². The molecule has 0 aromatic carbocycles. The van der Waals surface area contributed by atoms with E-state index in [1.165, 1.54) is 0 Å². The van der Waals surface area contributed by atoms with Gasteiger partial charge < -0.3 is 5.73 Å². The minimum Gasteiger partial charge on any atom is -0.392 e. The van der Waals surface area contributed by atoms with E-state index in [4.69, 9.17) is 18.0 Å². The first kappa shape index (κ1) is 13.7. The highest BCUT2D eigenvalue weighted by molar-refractivity contribution is 7.80. The van der Waals surface area contributed by atoms with Crippen molar-refractivity contribution in [2.75, 3.05) is 13.1 Å². The van der Waals surface area contributed by atoms with Crippen molar-refractivity contribution in [2.45, 2.75) is 38.4 Å². The third-order valence-electron chi connectivity index (χ3n) is 3.07. The van der Waals surface area contributed by atoms with E-state index < -0.39 is 12.1 Å². The fourth-order valence-corrected chi connectivity index (χ4v) is 2.51. The van der Waals surface area contributed by atoms with Crippen LogP contribution in [0, 0.1) is 5.92 Å². The minimum absolute atomic E-state index is 0.0271. The maximum absolute atomic E-state index is 12.6. The largest absolute Gasteiger partial charge is 0.393 e. The molecule has 1 aliphatic rings. The van der Waals surface area contributed by atoms with Gasteiger partial charge in [-0.15, -0.1) is 0 Å². The molecule has 1 heterocycles. The molecule has 0 radical (unpaired) electrons. The number of hydrogen-bond acceptors (Lipinski definition) is 2. The summed E-state index contributed by atoms with van der Waals surface area (Å²) in [6.45, 7) is 2.57. The molecule has 0 aromatic heterocycles. The second kappa shape index (κ2) is 5.31. The van der Waals surface area contributed by atoms with Crippen molar-refractivity contribution in [3.05, 3.63) is 0 Å². The van der Waals surface area contributed by atoms with Crippen LogP contribution in [-0.2, 0) is 0 Å². The highest BCUT2D eigenvalue weighted by atomic mass is 32.1. The van der Waals surface area contributed by atoms with Gasteiger partial charge in [-0.2, -0.15) is 13.2 Å². The van der Waals surface area contributed by atoms with Crippen LogP contribution in [0.3, 0.4) is 0 Å². The highest BCUT2D eigenvalue weighted by Gasteiger charge is 2.42. The summed E-state index contributed by atoms with van der Waals surface area (Å²) in [6.07, 6.45) is -2.66. The van der Waals surface area contributed by atoms with Gasteiger partial charge in [0.05, 0.1) is 16.9 Å². The second-order valence-electron chi connectivity index (χ2n) is 4.20. The second-order valence-corrected chi connectivity index (χ2v) is 4.67. The van der Waals surface area contributed by atoms with E-state index in [2.05, 4.69) is 0 Å². The molecule has 0 spiro atoms. The van der Waals surface area contributed by atoms with E-state index in [-0.39, 0.29) is 19.0 Å². The van der Waals surface area contributed by atoms with Gasteiger partial charge in [0.25, 0.3) is 0 Å². The van der Waals surface area contributed by atoms with Crippen molar-refractivity contribution < 1.29 is 13.2 Å². The average molecular weight is 254 g/mol. The zero-order valence-electron chi connectivity index (χ0n) is 9.26. The van der Waals surface area contributed by atoms with E-state index in [1.54, 1.807) is 4.90 Å². The van der Waals surface area contributed by atoms with Crippen molar-refractivity contribution in [2.24, 2.45) is 11.7 Å². The molecule has 1 aliphatic heterocycles. The summed E-state index contributed by atoms with van der Waals surface area (Å²) >= 11 is 4.88. The molecule has 2 N–H and O–H groups in total. The predicted molar refractivity (Wildman–Crippen MR) is 61.2 cm³/mol. The zero-order valence-corrected chi connectivity index (χ0v) is 10.1. The van der Waals surface area contributed by atoms with Gasteiger partial charge >= 0.3 is 6.18 Å². The Kier molecular flexibility index (Phi) is 4.55. The molecular formula is C10H17F3N2S. The molecule has 16 heavy (non-hydrogen) atoms. The SMILES string of the molecule is CCC(C(N)=S)N1CCCC(C(F)(F)F)C1. The number of nitrogens with two attached hydrogens (primary N) is 1. The molecule has 0 aromatic rings. The van der Waals surface area contributed by atoms with Gasteiger partial charge in [0.2, 0.25) is 0 Å². The molecule has 2 atom stereocenters. The highest BCUT2D eigenvalue weighted by Crippen LogP contribution is 2.33. The Balaban J connectivity index is 2.66. The number of hydrogen-bond donors (Lipinski definition) is 1. The number of likely N-dealkylation sites (tertiary alicyclic amines) is 1. The first-order valence-corrected chi connectivity index (χ1v) is 5.87. The number of thiocarbonyl (C=S) groups is 1. The normalized spacial score (nSPS) is 25.4. The Morgan fingerprint density at radius 3 is 2.62 bits per heavy atom. The smallest absolute Gasteiger partial charge is 0.392 e. The molecule has 1 rings (SSSR count). The van der Waals surface area contributed by atoms with E-state index in [1.807, 2.05) is 6.92 Å². The number of nitrogens with zero attached hydrogens (tertiary/aromatic N) is 1. The van der Waals surface area contributed by atoms with Crippen LogP contribution in [0.4, 0.5) is 13.2 Å². The quantitative estimate of drug-likeness (QED) is 0.784. The maximum Gasteiger partial charge on any atom is 0.393 e. The fraction of sp³-hybridized carbons (Fsp3) is 0.900. The summed E-state index contributed by atoms with van der Waals surface area (Å²) in [6, 6.07) is -0.194. The van der Waals surface area contributed by atoms with E-state index in [9.17, 15) is 13.2 Å². The minimum atomic E-state index is -4.10. The molecule has 1 fully saturated rings. The van der Waals surface area contributed by atoms with Crippen LogP contribution in [0.15, 0.2) is 0 Å². The standard InChI is InChI=1S/C10H17F3N2S/c1-2-8(9(14)16)15-5-3-4-7(6-15)10(11,12)13/h7-8H,2-6H2,1H3,(H2,14,16). The Morgan fingerprint density at radius 1 is 1.56 bits per heavy atom. The molecule has 0 amide bonds.